The number of carbonyl (C=O) groups is 1. The Morgan fingerprint density at radius 1 is 1.55 bits per heavy atom. The number of halogens is 1. The van der Waals surface area contributed by atoms with Crippen LogP contribution in [0.5, 0.6) is 0 Å². The molecule has 2 aromatic rings. The van der Waals surface area contributed by atoms with Crippen LogP contribution in [0.2, 0.25) is 5.15 Å². The van der Waals surface area contributed by atoms with Gasteiger partial charge in [0.15, 0.2) is 16.6 Å². The summed E-state index contributed by atoms with van der Waals surface area (Å²) in [5.41, 5.74) is 1.00. The minimum atomic E-state index is 0.202. The van der Waals surface area contributed by atoms with Gasteiger partial charge in [0.05, 0.1) is 12.5 Å². The summed E-state index contributed by atoms with van der Waals surface area (Å²) in [6.07, 6.45) is 4.52. The van der Waals surface area contributed by atoms with Gasteiger partial charge in [0.2, 0.25) is 0 Å². The van der Waals surface area contributed by atoms with Gasteiger partial charge in [0, 0.05) is 25.5 Å². The third kappa shape index (κ3) is 3.53. The van der Waals surface area contributed by atoms with Crippen molar-refractivity contribution >= 4 is 34.4 Å². The van der Waals surface area contributed by atoms with Crippen molar-refractivity contribution in [3.8, 4) is 6.07 Å². The Kier molecular flexibility index (Phi) is 5.04. The van der Waals surface area contributed by atoms with Crippen LogP contribution >= 0.6 is 22.9 Å². The Bertz CT molecular complexity index is 623. The van der Waals surface area contributed by atoms with E-state index in [9.17, 15) is 4.79 Å². The molecule has 7 heteroatoms. The normalized spacial score (nSPS) is 10.0. The predicted octanol–water partition coefficient (Wildman–Crippen LogP) is 2.92. The van der Waals surface area contributed by atoms with E-state index in [0.717, 1.165) is 5.56 Å². The smallest absolute Gasteiger partial charge is 0.187 e. The highest BCUT2D eigenvalue weighted by Gasteiger charge is 2.15. The molecule has 0 atom stereocenters. The number of anilines is 1. The van der Waals surface area contributed by atoms with E-state index in [1.54, 1.807) is 12.4 Å². The van der Waals surface area contributed by atoms with Crippen molar-refractivity contribution in [2.24, 2.45) is 0 Å². The number of nitrogens with zero attached hydrogens (tertiary/aromatic N) is 4. The molecule has 0 fully saturated rings. The van der Waals surface area contributed by atoms with Crippen LogP contribution in [0, 0.1) is 11.3 Å². The molecule has 0 unspecified atom stereocenters. The maximum absolute atomic E-state index is 10.8. The summed E-state index contributed by atoms with van der Waals surface area (Å²) in [4.78, 5) is 21.4. The topological polar surface area (TPSA) is 69.9 Å². The molecule has 0 aliphatic rings. The van der Waals surface area contributed by atoms with Crippen molar-refractivity contribution in [2.45, 2.75) is 13.0 Å². The molecular weight excluding hydrogens is 296 g/mol. The quantitative estimate of drug-likeness (QED) is 0.767. The summed E-state index contributed by atoms with van der Waals surface area (Å²) in [6.45, 7) is 1.09. The van der Waals surface area contributed by atoms with Crippen LogP contribution in [-0.4, -0.2) is 22.8 Å². The van der Waals surface area contributed by atoms with E-state index in [1.807, 2.05) is 17.0 Å². The van der Waals surface area contributed by atoms with Gasteiger partial charge in [-0.15, -0.1) is 0 Å². The summed E-state index contributed by atoms with van der Waals surface area (Å²) in [5, 5.41) is 9.58. The zero-order chi connectivity index (χ0) is 14.4. The van der Waals surface area contributed by atoms with Gasteiger partial charge in [-0.25, -0.2) is 4.98 Å². The minimum absolute atomic E-state index is 0.202. The number of nitriles is 1. The number of rotatable bonds is 6. The summed E-state index contributed by atoms with van der Waals surface area (Å²) in [6, 6.07) is 5.90. The SMILES string of the molecule is N#CCCN(Cc1cccnc1)c1nc(Cl)c(C=O)s1. The molecule has 102 valence electrons. The van der Waals surface area contributed by atoms with Gasteiger partial charge in [-0.2, -0.15) is 5.26 Å². The summed E-state index contributed by atoms with van der Waals surface area (Å²) in [7, 11) is 0. The Morgan fingerprint density at radius 2 is 2.40 bits per heavy atom. The van der Waals surface area contributed by atoms with Crippen LogP contribution < -0.4 is 4.90 Å². The second-order valence-electron chi connectivity index (χ2n) is 3.96. The van der Waals surface area contributed by atoms with E-state index in [1.165, 1.54) is 11.3 Å². The lowest BCUT2D eigenvalue weighted by Crippen LogP contribution is -2.23. The fourth-order valence-electron chi connectivity index (χ4n) is 1.65. The van der Waals surface area contributed by atoms with Crippen molar-refractivity contribution in [3.05, 3.63) is 40.1 Å². The van der Waals surface area contributed by atoms with E-state index >= 15 is 0 Å². The number of hydrogen-bond donors (Lipinski definition) is 0. The van der Waals surface area contributed by atoms with Crippen molar-refractivity contribution in [2.75, 3.05) is 11.4 Å². The molecule has 5 nitrogen and oxygen atoms in total. The number of hydrogen-bond acceptors (Lipinski definition) is 6. The lowest BCUT2D eigenvalue weighted by Gasteiger charge is -2.20. The van der Waals surface area contributed by atoms with Gasteiger partial charge in [-0.1, -0.05) is 29.0 Å². The molecule has 0 radical (unpaired) electrons. The van der Waals surface area contributed by atoms with E-state index in [4.69, 9.17) is 16.9 Å². The fraction of sp³-hybridized carbons (Fsp3) is 0.231. The molecule has 20 heavy (non-hydrogen) atoms. The van der Waals surface area contributed by atoms with E-state index in [2.05, 4.69) is 16.0 Å². The van der Waals surface area contributed by atoms with Crippen LogP contribution in [0.25, 0.3) is 0 Å². The lowest BCUT2D eigenvalue weighted by molar-refractivity contribution is 0.112. The first-order valence-electron chi connectivity index (χ1n) is 5.87. The van der Waals surface area contributed by atoms with E-state index in [-0.39, 0.29) is 5.15 Å². The first-order valence-corrected chi connectivity index (χ1v) is 7.06. The number of thiazole rings is 1. The Balaban J connectivity index is 2.22. The molecule has 0 saturated heterocycles. The van der Waals surface area contributed by atoms with E-state index in [0.29, 0.717) is 35.8 Å². The van der Waals surface area contributed by atoms with Gasteiger partial charge in [0.1, 0.15) is 4.88 Å². The van der Waals surface area contributed by atoms with Gasteiger partial charge < -0.3 is 4.90 Å². The van der Waals surface area contributed by atoms with E-state index < -0.39 is 0 Å². The first-order chi connectivity index (χ1) is 9.74. The Labute approximate surface area is 125 Å². The number of pyridine rings is 1. The van der Waals surface area contributed by atoms with Crippen molar-refractivity contribution in [1.82, 2.24) is 9.97 Å². The summed E-state index contributed by atoms with van der Waals surface area (Å²) >= 11 is 7.11. The third-order valence-corrected chi connectivity index (χ3v) is 4.01. The van der Waals surface area contributed by atoms with Gasteiger partial charge in [-0.3, -0.25) is 9.78 Å². The monoisotopic (exact) mass is 306 g/mol. The maximum atomic E-state index is 10.8. The Hall–Kier alpha value is -1.97. The molecule has 0 bridgehead atoms. The fourth-order valence-corrected chi connectivity index (χ4v) is 2.74. The second kappa shape index (κ2) is 6.98. The van der Waals surface area contributed by atoms with Crippen molar-refractivity contribution in [3.63, 3.8) is 0 Å². The van der Waals surface area contributed by atoms with Gasteiger partial charge in [-0.05, 0) is 11.6 Å². The van der Waals surface area contributed by atoms with Crippen molar-refractivity contribution in [1.29, 1.82) is 5.26 Å². The molecule has 0 aliphatic heterocycles. The van der Waals surface area contributed by atoms with Gasteiger partial charge in [0.25, 0.3) is 0 Å². The lowest BCUT2D eigenvalue weighted by atomic mass is 10.2. The molecule has 0 amide bonds. The summed E-state index contributed by atoms with van der Waals surface area (Å²) < 4.78 is 0. The molecule has 0 spiro atoms. The molecule has 0 saturated carbocycles. The molecule has 2 aromatic heterocycles. The zero-order valence-electron chi connectivity index (χ0n) is 10.5. The Morgan fingerprint density at radius 3 is 3.00 bits per heavy atom. The standard InChI is InChI=1S/C13H11ClN4OS/c14-12-11(9-19)20-13(17-12)18(6-2-4-15)8-10-3-1-5-16-7-10/h1,3,5,7,9H,2,6,8H2. The first kappa shape index (κ1) is 14.4. The number of aromatic nitrogens is 2. The molecule has 0 N–H and O–H groups in total. The molecule has 2 rings (SSSR count). The highest BCUT2D eigenvalue weighted by molar-refractivity contribution is 7.17. The molecular formula is C13H11ClN4OS. The largest absolute Gasteiger partial charge is 0.343 e. The van der Waals surface area contributed by atoms with Crippen molar-refractivity contribution < 1.29 is 4.79 Å². The molecule has 2 heterocycles. The highest BCUT2D eigenvalue weighted by atomic mass is 35.5. The van der Waals surface area contributed by atoms with Crippen LogP contribution in [0.3, 0.4) is 0 Å². The summed E-state index contributed by atoms with van der Waals surface area (Å²) in [5.74, 6) is 0. The zero-order valence-corrected chi connectivity index (χ0v) is 12.1. The number of aldehydes is 1. The van der Waals surface area contributed by atoms with Crippen LogP contribution in [-0.2, 0) is 6.54 Å². The highest BCUT2D eigenvalue weighted by Crippen LogP contribution is 2.29. The maximum Gasteiger partial charge on any atom is 0.187 e. The van der Waals surface area contributed by atoms with Crippen LogP contribution in [0.15, 0.2) is 24.5 Å². The number of carbonyl (C=O) groups excluding carboxylic acids is 1. The minimum Gasteiger partial charge on any atom is -0.343 e. The molecule has 0 aromatic carbocycles. The average molecular weight is 307 g/mol. The average Bonchev–Trinajstić information content (AvgIpc) is 2.85. The second-order valence-corrected chi connectivity index (χ2v) is 5.33. The molecule has 0 aliphatic carbocycles. The van der Waals surface area contributed by atoms with Gasteiger partial charge >= 0.3 is 0 Å². The van der Waals surface area contributed by atoms with Crippen LogP contribution in [0.4, 0.5) is 5.13 Å². The third-order valence-electron chi connectivity index (χ3n) is 2.57. The van der Waals surface area contributed by atoms with Crippen LogP contribution in [0.1, 0.15) is 21.7 Å². The predicted molar refractivity (Wildman–Crippen MR) is 78.0 cm³/mol.